The van der Waals surface area contributed by atoms with Crippen molar-refractivity contribution in [2.45, 2.75) is 13.8 Å². The number of hydrogen-bond donors (Lipinski definition) is 0. The van der Waals surface area contributed by atoms with E-state index in [0.717, 1.165) is 11.1 Å². The van der Waals surface area contributed by atoms with Gasteiger partial charge < -0.3 is 0 Å². The minimum absolute atomic E-state index is 1.02. The molecule has 0 saturated carbocycles. The topological polar surface area (TPSA) is 0 Å². The lowest BCUT2D eigenvalue weighted by atomic mass is 10.0. The first-order chi connectivity index (χ1) is 7.56. The minimum Gasteiger partial charge on any atom is -0.0988 e. The van der Waals surface area contributed by atoms with Crippen LogP contribution >= 0.6 is 0 Å². The fourth-order valence-electron chi connectivity index (χ4n) is 1.16. The first kappa shape index (κ1) is 14.2. The van der Waals surface area contributed by atoms with E-state index in [1.807, 2.05) is 31.2 Å². The van der Waals surface area contributed by atoms with Gasteiger partial charge in [-0.2, -0.15) is 0 Å². The number of benzene rings is 1. The van der Waals surface area contributed by atoms with Crippen molar-refractivity contribution in [1.29, 1.82) is 0 Å². The third kappa shape index (κ3) is 4.61. The van der Waals surface area contributed by atoms with E-state index in [1.54, 1.807) is 6.08 Å². The molecule has 0 radical (unpaired) electrons. The van der Waals surface area contributed by atoms with E-state index in [4.69, 9.17) is 0 Å². The molecule has 0 saturated heterocycles. The van der Waals surface area contributed by atoms with Crippen molar-refractivity contribution in [1.82, 2.24) is 0 Å². The van der Waals surface area contributed by atoms with Crippen LogP contribution in [-0.2, 0) is 0 Å². The van der Waals surface area contributed by atoms with Gasteiger partial charge in [0.1, 0.15) is 0 Å². The molecular weight excluding hydrogens is 192 g/mol. The maximum absolute atomic E-state index is 3.75. The average molecular weight is 212 g/mol. The van der Waals surface area contributed by atoms with Crippen LogP contribution in [0.1, 0.15) is 23.6 Å². The summed E-state index contributed by atoms with van der Waals surface area (Å²) in [7, 11) is 0. The fourth-order valence-corrected chi connectivity index (χ4v) is 1.16. The van der Waals surface area contributed by atoms with E-state index >= 15 is 0 Å². The van der Waals surface area contributed by atoms with Gasteiger partial charge in [-0.05, 0) is 30.5 Å². The Morgan fingerprint density at radius 3 is 2.00 bits per heavy atom. The van der Waals surface area contributed by atoms with Gasteiger partial charge in [0.15, 0.2) is 0 Å². The fraction of sp³-hybridized carbons (Fsp3) is 0.125. The molecule has 0 fully saturated rings. The molecule has 0 aliphatic carbocycles. The summed E-state index contributed by atoms with van der Waals surface area (Å²) in [4.78, 5) is 0. The zero-order valence-corrected chi connectivity index (χ0v) is 10.3. The van der Waals surface area contributed by atoms with Crippen LogP contribution in [0.25, 0.3) is 12.2 Å². The zero-order chi connectivity index (χ0) is 12.6. The van der Waals surface area contributed by atoms with Crippen molar-refractivity contribution in [2.75, 3.05) is 0 Å². The van der Waals surface area contributed by atoms with Crippen LogP contribution in [0, 0.1) is 6.92 Å². The van der Waals surface area contributed by atoms with Crippen molar-refractivity contribution >= 4 is 12.2 Å². The second-order valence-electron chi connectivity index (χ2n) is 3.54. The van der Waals surface area contributed by atoms with E-state index in [0.29, 0.717) is 0 Å². The van der Waals surface area contributed by atoms with Crippen molar-refractivity contribution < 1.29 is 0 Å². The highest BCUT2D eigenvalue weighted by Crippen LogP contribution is 2.15. The Bertz CT molecular complexity index is 394. The third-order valence-electron chi connectivity index (χ3n) is 2.13. The second kappa shape index (κ2) is 7.47. The second-order valence-corrected chi connectivity index (χ2v) is 3.54. The Hall–Kier alpha value is -1.82. The van der Waals surface area contributed by atoms with Crippen molar-refractivity contribution in [3.8, 4) is 0 Å². The van der Waals surface area contributed by atoms with Gasteiger partial charge in [-0.15, -0.1) is 0 Å². The molecule has 84 valence electrons. The molecule has 0 amide bonds. The Labute approximate surface area is 99.3 Å². The maximum atomic E-state index is 3.75. The van der Waals surface area contributed by atoms with E-state index in [9.17, 15) is 0 Å². The SMILES string of the molecule is C=CC(=C)C.C=Cc1cccc(C)c1C=C. The molecule has 0 aliphatic rings. The molecule has 0 unspecified atom stereocenters. The van der Waals surface area contributed by atoms with Crippen LogP contribution in [0.5, 0.6) is 0 Å². The normalized spacial score (nSPS) is 8.38. The molecule has 0 bridgehead atoms. The molecule has 0 spiro atoms. The molecule has 0 heterocycles. The van der Waals surface area contributed by atoms with E-state index < -0.39 is 0 Å². The van der Waals surface area contributed by atoms with Gasteiger partial charge in [0.2, 0.25) is 0 Å². The average Bonchev–Trinajstić information content (AvgIpc) is 2.29. The minimum atomic E-state index is 1.02. The summed E-state index contributed by atoms with van der Waals surface area (Å²) in [5.74, 6) is 0. The van der Waals surface area contributed by atoms with Crippen LogP contribution in [-0.4, -0.2) is 0 Å². The number of rotatable bonds is 3. The Morgan fingerprint density at radius 1 is 1.12 bits per heavy atom. The van der Waals surface area contributed by atoms with Gasteiger partial charge in [-0.3, -0.25) is 0 Å². The molecule has 0 N–H and O–H groups in total. The molecule has 1 aromatic carbocycles. The number of hydrogen-bond acceptors (Lipinski definition) is 0. The first-order valence-corrected chi connectivity index (χ1v) is 5.19. The largest absolute Gasteiger partial charge is 0.0988 e. The van der Waals surface area contributed by atoms with Crippen molar-refractivity contribution in [2.24, 2.45) is 0 Å². The molecule has 0 nitrogen and oxygen atoms in total. The van der Waals surface area contributed by atoms with Gasteiger partial charge in [0, 0.05) is 0 Å². The maximum Gasteiger partial charge on any atom is -0.0161 e. The number of aryl methyl sites for hydroxylation is 1. The lowest BCUT2D eigenvalue weighted by Crippen LogP contribution is -1.83. The highest BCUT2D eigenvalue weighted by atomic mass is 14.0. The predicted octanol–water partition coefficient (Wildman–Crippen LogP) is 5.03. The molecule has 1 rings (SSSR count). The Morgan fingerprint density at radius 2 is 1.69 bits per heavy atom. The van der Waals surface area contributed by atoms with Gasteiger partial charge in [-0.1, -0.05) is 68.3 Å². The van der Waals surface area contributed by atoms with Crippen LogP contribution in [0.15, 0.2) is 56.2 Å². The highest BCUT2D eigenvalue weighted by molar-refractivity contribution is 5.65. The molecule has 1 aromatic rings. The summed E-state index contributed by atoms with van der Waals surface area (Å²) < 4.78 is 0. The quantitative estimate of drug-likeness (QED) is 0.616. The van der Waals surface area contributed by atoms with Crippen LogP contribution in [0.4, 0.5) is 0 Å². The zero-order valence-electron chi connectivity index (χ0n) is 10.3. The van der Waals surface area contributed by atoms with Crippen LogP contribution in [0.2, 0.25) is 0 Å². The van der Waals surface area contributed by atoms with Gasteiger partial charge in [0.25, 0.3) is 0 Å². The molecule has 16 heavy (non-hydrogen) atoms. The third-order valence-corrected chi connectivity index (χ3v) is 2.13. The van der Waals surface area contributed by atoms with Gasteiger partial charge in [0.05, 0.1) is 0 Å². The van der Waals surface area contributed by atoms with E-state index in [1.165, 1.54) is 11.1 Å². The highest BCUT2D eigenvalue weighted by Gasteiger charge is 1.96. The molecule has 0 atom stereocenters. The van der Waals surface area contributed by atoms with Crippen LogP contribution in [0.3, 0.4) is 0 Å². The molecule has 0 heteroatoms. The summed E-state index contributed by atoms with van der Waals surface area (Å²) in [6.45, 7) is 18.5. The van der Waals surface area contributed by atoms with E-state index in [2.05, 4.69) is 39.3 Å². The first-order valence-electron chi connectivity index (χ1n) is 5.19. The molecular formula is C16H20. The van der Waals surface area contributed by atoms with Gasteiger partial charge in [-0.25, -0.2) is 0 Å². The Kier molecular flexibility index (Phi) is 6.62. The summed E-state index contributed by atoms with van der Waals surface area (Å²) in [6, 6.07) is 6.14. The summed E-state index contributed by atoms with van der Waals surface area (Å²) in [6.07, 6.45) is 5.44. The van der Waals surface area contributed by atoms with Crippen molar-refractivity contribution in [3.05, 3.63) is 72.9 Å². The summed E-state index contributed by atoms with van der Waals surface area (Å²) in [5.41, 5.74) is 4.60. The van der Waals surface area contributed by atoms with E-state index in [-0.39, 0.29) is 0 Å². The standard InChI is InChI=1S/C11H12.C5H8/c1-4-10-8-6-7-9(3)11(10)5-2;1-4-5(2)3/h4-8H,1-2H2,3H3;4H,1-2H2,3H3. The number of allylic oxidation sites excluding steroid dienone is 2. The monoisotopic (exact) mass is 212 g/mol. The summed E-state index contributed by atoms with van der Waals surface area (Å²) >= 11 is 0. The Balaban J connectivity index is 0.000000385. The predicted molar refractivity (Wildman–Crippen MR) is 76.4 cm³/mol. The lowest BCUT2D eigenvalue weighted by molar-refractivity contribution is 1.43. The lowest BCUT2D eigenvalue weighted by Gasteiger charge is -2.03. The van der Waals surface area contributed by atoms with Crippen molar-refractivity contribution in [3.63, 3.8) is 0 Å². The smallest absolute Gasteiger partial charge is 0.0161 e. The summed E-state index contributed by atoms with van der Waals surface area (Å²) in [5, 5.41) is 0. The van der Waals surface area contributed by atoms with Gasteiger partial charge >= 0.3 is 0 Å². The molecule has 0 aromatic heterocycles. The van der Waals surface area contributed by atoms with Crippen LogP contribution < -0.4 is 0 Å². The molecule has 0 aliphatic heterocycles.